The highest BCUT2D eigenvalue weighted by atomic mass is 16.5. The van der Waals surface area contributed by atoms with Crippen LogP contribution in [0.2, 0.25) is 0 Å². The van der Waals surface area contributed by atoms with Gasteiger partial charge in [-0.2, -0.15) is 4.90 Å². The number of imide groups is 4. The van der Waals surface area contributed by atoms with Gasteiger partial charge in [0.2, 0.25) is 5.91 Å². The lowest BCUT2D eigenvalue weighted by Gasteiger charge is -2.36. The summed E-state index contributed by atoms with van der Waals surface area (Å²) in [6.07, 6.45) is -0.552. The van der Waals surface area contributed by atoms with Crippen molar-refractivity contribution >= 4 is 29.7 Å². The second kappa shape index (κ2) is 9.60. The van der Waals surface area contributed by atoms with E-state index in [2.05, 4.69) is 0 Å². The molecule has 0 radical (unpaired) electrons. The van der Waals surface area contributed by atoms with Gasteiger partial charge in [0.15, 0.2) is 0 Å². The molecule has 2 aliphatic heterocycles. The zero-order chi connectivity index (χ0) is 26.3. The predicted molar refractivity (Wildman–Crippen MR) is 120 cm³/mol. The minimum Gasteiger partial charge on any atom is -0.490 e. The molecule has 0 bridgehead atoms. The minimum atomic E-state index is -1.74. The van der Waals surface area contributed by atoms with Gasteiger partial charge in [0.25, 0.3) is 17.7 Å². The molecule has 1 aromatic carbocycles. The number of aliphatic hydroxyl groups is 2. The molecular formula is C24H28N2O10. The summed E-state index contributed by atoms with van der Waals surface area (Å²) in [6, 6.07) is 3.03. The first kappa shape index (κ1) is 25.7. The molecule has 2 heterocycles. The summed E-state index contributed by atoms with van der Waals surface area (Å²) >= 11 is 0. The molecule has 3 N–H and O–H groups in total. The van der Waals surface area contributed by atoms with Crippen molar-refractivity contribution in [3.05, 3.63) is 29.3 Å². The summed E-state index contributed by atoms with van der Waals surface area (Å²) < 4.78 is 11.1. The van der Waals surface area contributed by atoms with Crippen molar-refractivity contribution in [3.8, 4) is 5.75 Å². The van der Waals surface area contributed by atoms with Gasteiger partial charge in [-0.25, -0.2) is 4.79 Å². The van der Waals surface area contributed by atoms with Crippen LogP contribution in [-0.4, -0.2) is 92.9 Å². The number of carboxylic acid groups (broad SMARTS) is 1. The number of carbonyl (C=O) groups excluding carboxylic acids is 4. The number of benzene rings is 1. The maximum absolute atomic E-state index is 13.3. The van der Waals surface area contributed by atoms with E-state index in [0.29, 0.717) is 19.3 Å². The second-order valence-electron chi connectivity index (χ2n) is 9.60. The average Bonchev–Trinajstić information content (AvgIpc) is 3.54. The van der Waals surface area contributed by atoms with E-state index >= 15 is 0 Å². The lowest BCUT2D eigenvalue weighted by atomic mass is 9.89. The first-order valence-electron chi connectivity index (χ1n) is 11.7. The Morgan fingerprint density at radius 2 is 1.83 bits per heavy atom. The Bertz CT molecular complexity index is 1110. The number of piperidine rings is 1. The Kier molecular flexibility index (Phi) is 6.86. The maximum atomic E-state index is 13.3. The first-order valence-corrected chi connectivity index (χ1v) is 11.7. The van der Waals surface area contributed by atoms with Gasteiger partial charge in [-0.3, -0.25) is 24.1 Å². The van der Waals surface area contributed by atoms with Crippen LogP contribution in [-0.2, 0) is 14.3 Å². The topological polar surface area (TPSA) is 171 Å². The van der Waals surface area contributed by atoms with Gasteiger partial charge in [0.1, 0.15) is 18.4 Å². The smallest absolute Gasteiger partial charge is 0.421 e. The number of hydrogen-bond acceptors (Lipinski definition) is 9. The number of ether oxygens (including phenoxy) is 2. The number of aliphatic hydroxyl groups excluding tert-OH is 1. The Labute approximate surface area is 206 Å². The molecule has 2 unspecified atom stereocenters. The third kappa shape index (κ3) is 4.59. The number of likely N-dealkylation sites (tertiary alicyclic amines) is 1. The van der Waals surface area contributed by atoms with Gasteiger partial charge < -0.3 is 24.8 Å². The third-order valence-electron chi connectivity index (χ3n) is 6.93. The van der Waals surface area contributed by atoms with Crippen LogP contribution in [0.5, 0.6) is 5.75 Å². The highest BCUT2D eigenvalue weighted by molar-refractivity contribution is 6.25. The van der Waals surface area contributed by atoms with Gasteiger partial charge in [-0.05, 0) is 51.2 Å². The van der Waals surface area contributed by atoms with Crippen LogP contribution >= 0.6 is 0 Å². The molecule has 4 rings (SSSR count). The number of amides is 5. The number of nitrogens with zero attached hydrogens (tertiary/aromatic N) is 2. The quantitative estimate of drug-likeness (QED) is 0.306. The minimum absolute atomic E-state index is 0.0230. The highest BCUT2D eigenvalue weighted by Crippen LogP contribution is 2.54. The molecular weight excluding hydrogens is 476 g/mol. The van der Waals surface area contributed by atoms with E-state index in [0.717, 1.165) is 4.90 Å². The van der Waals surface area contributed by atoms with Crippen LogP contribution in [0.25, 0.3) is 0 Å². The largest absolute Gasteiger partial charge is 0.490 e. The Morgan fingerprint density at radius 3 is 2.47 bits per heavy atom. The maximum Gasteiger partial charge on any atom is 0.421 e. The average molecular weight is 504 g/mol. The van der Waals surface area contributed by atoms with Crippen molar-refractivity contribution in [2.75, 3.05) is 26.4 Å². The van der Waals surface area contributed by atoms with Crippen molar-refractivity contribution in [1.29, 1.82) is 0 Å². The van der Waals surface area contributed by atoms with Crippen molar-refractivity contribution in [3.63, 3.8) is 0 Å². The van der Waals surface area contributed by atoms with E-state index in [1.807, 2.05) is 0 Å². The number of fused-ring (bicyclic) bond motifs is 1. The Morgan fingerprint density at radius 1 is 1.11 bits per heavy atom. The molecule has 3 aliphatic rings. The van der Waals surface area contributed by atoms with E-state index in [9.17, 15) is 34.2 Å². The van der Waals surface area contributed by atoms with E-state index in [-0.39, 0.29) is 61.0 Å². The van der Waals surface area contributed by atoms with Crippen molar-refractivity contribution in [2.45, 2.75) is 50.7 Å². The fourth-order valence-electron chi connectivity index (χ4n) is 4.63. The van der Waals surface area contributed by atoms with Gasteiger partial charge in [0.05, 0.1) is 28.7 Å². The molecule has 36 heavy (non-hydrogen) atoms. The van der Waals surface area contributed by atoms with Gasteiger partial charge >= 0.3 is 6.09 Å². The summed E-state index contributed by atoms with van der Waals surface area (Å²) in [5.74, 6) is -3.36. The van der Waals surface area contributed by atoms with Crippen LogP contribution in [0.4, 0.5) is 4.79 Å². The molecule has 1 spiro atoms. The molecule has 2 atom stereocenters. The Balaban J connectivity index is 1.44. The van der Waals surface area contributed by atoms with Crippen LogP contribution in [0.1, 0.15) is 59.7 Å². The van der Waals surface area contributed by atoms with Crippen LogP contribution in [0.3, 0.4) is 0 Å². The number of hydrogen-bond donors (Lipinski definition) is 3. The van der Waals surface area contributed by atoms with Crippen molar-refractivity contribution < 1.29 is 48.8 Å². The molecule has 2 fully saturated rings. The monoisotopic (exact) mass is 504 g/mol. The first-order chi connectivity index (χ1) is 17.0. The van der Waals surface area contributed by atoms with Crippen molar-refractivity contribution in [1.82, 2.24) is 9.80 Å². The third-order valence-corrected chi connectivity index (χ3v) is 6.93. The van der Waals surface area contributed by atoms with E-state index in [4.69, 9.17) is 14.6 Å². The van der Waals surface area contributed by atoms with Crippen molar-refractivity contribution in [2.24, 2.45) is 5.41 Å². The molecule has 1 saturated carbocycles. The molecule has 12 heteroatoms. The molecule has 0 aromatic heterocycles. The normalized spacial score (nSPS) is 22.1. The van der Waals surface area contributed by atoms with E-state index < -0.39 is 46.8 Å². The second-order valence-corrected chi connectivity index (χ2v) is 9.60. The fraction of sp³-hybridized carbons (Fsp3) is 0.542. The summed E-state index contributed by atoms with van der Waals surface area (Å²) in [6.45, 7) is 1.84. The zero-order valence-electron chi connectivity index (χ0n) is 19.8. The molecule has 12 nitrogen and oxygen atoms in total. The summed E-state index contributed by atoms with van der Waals surface area (Å²) in [5.41, 5.74) is -2.12. The van der Waals surface area contributed by atoms with Crippen LogP contribution in [0, 0.1) is 5.41 Å². The summed E-state index contributed by atoms with van der Waals surface area (Å²) in [4.78, 5) is 64.3. The fourth-order valence-corrected chi connectivity index (χ4v) is 4.63. The summed E-state index contributed by atoms with van der Waals surface area (Å²) in [7, 11) is 0. The molecule has 1 saturated heterocycles. The van der Waals surface area contributed by atoms with Gasteiger partial charge in [0, 0.05) is 13.2 Å². The molecule has 5 amide bonds. The lowest BCUT2D eigenvalue weighted by Crippen LogP contribution is -2.60. The number of rotatable bonds is 10. The van der Waals surface area contributed by atoms with Gasteiger partial charge in [-0.1, -0.05) is 6.07 Å². The predicted octanol–water partition coefficient (Wildman–Crippen LogP) is 0.787. The van der Waals surface area contributed by atoms with Crippen LogP contribution in [0.15, 0.2) is 18.2 Å². The SMILES string of the molecule is CC(O)(CCO)CCOCCOc1cccc2c1C(=O)N(C1CC3(CC3)C(=O)N(C(=O)O)C1=O)C2=O. The molecule has 1 aliphatic carbocycles. The van der Waals surface area contributed by atoms with Gasteiger partial charge in [-0.15, -0.1) is 0 Å². The molecule has 1 aromatic rings. The number of carbonyl (C=O) groups is 5. The Hall–Kier alpha value is -3.35. The van der Waals surface area contributed by atoms with E-state index in [1.54, 1.807) is 6.92 Å². The van der Waals surface area contributed by atoms with E-state index in [1.165, 1.54) is 18.2 Å². The molecule has 194 valence electrons. The zero-order valence-corrected chi connectivity index (χ0v) is 19.8. The highest BCUT2D eigenvalue weighted by Gasteiger charge is 2.63. The van der Waals surface area contributed by atoms with Crippen LogP contribution < -0.4 is 4.74 Å². The lowest BCUT2D eigenvalue weighted by molar-refractivity contribution is -0.153. The standard InChI is InChI=1S/C24H28N2O10/c1-23(34,7-9-27)8-10-35-11-12-36-16-4-2-3-14-17(16)20(30)25(18(14)28)15-13-24(5-6-24)21(31)26(19(15)29)22(32)33/h2-4,15,27,34H,5-13H2,1H3,(H,32,33). The summed E-state index contributed by atoms with van der Waals surface area (Å²) in [5, 5.41) is 28.4.